The van der Waals surface area contributed by atoms with Gasteiger partial charge in [-0.1, -0.05) is 18.2 Å². The molecule has 1 fully saturated rings. The molecule has 0 unspecified atom stereocenters. The number of nitrogens with one attached hydrogen (secondary N) is 1. The molecule has 0 saturated carbocycles. The van der Waals surface area contributed by atoms with Gasteiger partial charge in [-0.25, -0.2) is 13.3 Å². The van der Waals surface area contributed by atoms with E-state index < -0.39 is 27.7 Å². The highest BCUT2D eigenvalue weighted by Gasteiger charge is 2.38. The molecule has 2 heterocycles. The van der Waals surface area contributed by atoms with E-state index in [1.54, 1.807) is 25.1 Å². The summed E-state index contributed by atoms with van der Waals surface area (Å²) in [5.41, 5.74) is 1.95. The topological polar surface area (TPSA) is 122 Å². The molecule has 3 aromatic carbocycles. The number of hydrogen-bond donors (Lipinski definition) is 1. The molecule has 1 saturated heterocycles. The average molecular weight is 536 g/mol. The van der Waals surface area contributed by atoms with Gasteiger partial charge in [-0.15, -0.1) is 0 Å². The van der Waals surface area contributed by atoms with E-state index in [1.165, 1.54) is 47.8 Å². The van der Waals surface area contributed by atoms with Gasteiger partial charge >= 0.3 is 0 Å². The van der Waals surface area contributed by atoms with Crippen molar-refractivity contribution in [1.29, 1.82) is 0 Å². The highest BCUT2D eigenvalue weighted by atomic mass is 32.2. The van der Waals surface area contributed by atoms with Gasteiger partial charge in [-0.3, -0.25) is 14.4 Å². The Morgan fingerprint density at radius 3 is 2.37 bits per heavy atom. The van der Waals surface area contributed by atoms with E-state index in [1.807, 2.05) is 6.07 Å². The summed E-state index contributed by atoms with van der Waals surface area (Å²) in [6.07, 6.45) is 0. The summed E-state index contributed by atoms with van der Waals surface area (Å²) in [6.45, 7) is 2.81. The highest BCUT2D eigenvalue weighted by molar-refractivity contribution is 7.89. The monoisotopic (exact) mass is 535 g/mol. The van der Waals surface area contributed by atoms with Gasteiger partial charge in [0.1, 0.15) is 10.6 Å². The van der Waals surface area contributed by atoms with E-state index in [9.17, 15) is 22.8 Å². The van der Waals surface area contributed by atoms with Crippen molar-refractivity contribution in [1.82, 2.24) is 4.31 Å². The lowest BCUT2D eigenvalue weighted by Crippen LogP contribution is -2.40. The first-order valence-corrected chi connectivity index (χ1v) is 13.3. The van der Waals surface area contributed by atoms with Crippen molar-refractivity contribution in [2.24, 2.45) is 0 Å². The minimum atomic E-state index is -3.90. The van der Waals surface area contributed by atoms with E-state index >= 15 is 0 Å². The lowest BCUT2D eigenvalue weighted by molar-refractivity contribution is 0.0729. The molecule has 2 aliphatic rings. The summed E-state index contributed by atoms with van der Waals surface area (Å²) >= 11 is 0. The number of morpholine rings is 1. The zero-order valence-corrected chi connectivity index (χ0v) is 21.6. The highest BCUT2D eigenvalue weighted by Crippen LogP contribution is 2.32. The van der Waals surface area contributed by atoms with Gasteiger partial charge in [0.25, 0.3) is 17.7 Å². The van der Waals surface area contributed by atoms with Crippen LogP contribution in [-0.2, 0) is 14.8 Å². The fourth-order valence-electron chi connectivity index (χ4n) is 4.50. The van der Waals surface area contributed by atoms with Gasteiger partial charge in [-0.05, 0) is 55.0 Å². The summed E-state index contributed by atoms with van der Waals surface area (Å²) in [5, 5.41) is 2.68. The number of imide groups is 1. The van der Waals surface area contributed by atoms with Gasteiger partial charge in [0.05, 0.1) is 37.1 Å². The van der Waals surface area contributed by atoms with Crippen LogP contribution in [-0.4, -0.2) is 63.9 Å². The van der Waals surface area contributed by atoms with Crippen molar-refractivity contribution in [3.05, 3.63) is 82.9 Å². The number of carbonyl (C=O) groups is 3. The molecule has 3 aromatic rings. The molecule has 0 radical (unpaired) electrons. The quantitative estimate of drug-likeness (QED) is 0.482. The fourth-order valence-corrected chi connectivity index (χ4v) is 6.09. The summed E-state index contributed by atoms with van der Waals surface area (Å²) in [6, 6.07) is 15.7. The number of aryl methyl sites for hydroxylation is 1. The fraction of sp³-hybridized carbons (Fsp3) is 0.222. The van der Waals surface area contributed by atoms with E-state index in [0.29, 0.717) is 18.9 Å². The first-order valence-electron chi connectivity index (χ1n) is 11.9. The normalized spacial score (nSPS) is 15.9. The summed E-state index contributed by atoms with van der Waals surface area (Å²) in [7, 11) is -2.53. The van der Waals surface area contributed by atoms with Crippen molar-refractivity contribution in [2.45, 2.75) is 11.8 Å². The number of ether oxygens (including phenoxy) is 2. The summed E-state index contributed by atoms with van der Waals surface area (Å²) < 4.78 is 38.3. The predicted molar refractivity (Wildman–Crippen MR) is 139 cm³/mol. The summed E-state index contributed by atoms with van der Waals surface area (Å²) in [4.78, 5) is 40.2. The molecule has 10 nitrogen and oxygen atoms in total. The number of fused-ring (bicyclic) bond motifs is 1. The lowest BCUT2D eigenvalue weighted by Gasteiger charge is -2.26. The maximum atomic E-state index is 13.2. The molecule has 196 valence electrons. The molecule has 0 aliphatic carbocycles. The SMILES string of the molecule is COc1ccc(NC(=O)c2ccc3c(c2)C(=O)N(c2ccccc2C)C3=O)cc1S(=O)(=O)N1CCOCC1. The van der Waals surface area contributed by atoms with Gasteiger partial charge in [-0.2, -0.15) is 4.31 Å². The third-order valence-electron chi connectivity index (χ3n) is 6.51. The Kier molecular flexibility index (Phi) is 6.74. The number of sulfonamides is 1. The first-order chi connectivity index (χ1) is 18.2. The number of carbonyl (C=O) groups excluding carboxylic acids is 3. The van der Waals surface area contributed by atoms with E-state index in [4.69, 9.17) is 9.47 Å². The number of anilines is 2. The minimum absolute atomic E-state index is 0.0803. The van der Waals surface area contributed by atoms with Gasteiger partial charge in [0.15, 0.2) is 0 Å². The molecule has 5 rings (SSSR count). The summed E-state index contributed by atoms with van der Waals surface area (Å²) in [5.74, 6) is -1.40. The second kappa shape index (κ2) is 10.0. The van der Waals surface area contributed by atoms with Crippen LogP contribution in [0.5, 0.6) is 5.75 Å². The van der Waals surface area contributed by atoms with E-state index in [-0.39, 0.29) is 46.1 Å². The standard InChI is InChI=1S/C27H25N3O7S/c1-17-5-3-4-6-22(17)30-26(32)20-9-7-18(15-21(20)27(30)33)25(31)28-19-8-10-23(36-2)24(16-19)38(34,35)29-11-13-37-14-12-29/h3-10,15-16H,11-14H2,1-2H3,(H,28,31). The zero-order chi connectivity index (χ0) is 27.0. The van der Waals surface area contributed by atoms with Gasteiger partial charge in [0.2, 0.25) is 10.0 Å². The molecular formula is C27H25N3O7S. The average Bonchev–Trinajstić information content (AvgIpc) is 3.18. The molecular weight excluding hydrogens is 510 g/mol. The third kappa shape index (κ3) is 4.44. The van der Waals surface area contributed by atoms with Crippen LogP contribution in [0.4, 0.5) is 11.4 Å². The maximum absolute atomic E-state index is 13.2. The number of nitrogens with zero attached hydrogens (tertiary/aromatic N) is 2. The Labute approximate surface area is 219 Å². The predicted octanol–water partition coefficient (Wildman–Crippen LogP) is 3.08. The number of benzene rings is 3. The Morgan fingerprint density at radius 2 is 1.66 bits per heavy atom. The van der Waals surface area contributed by atoms with E-state index in [2.05, 4.69) is 5.32 Å². The second-order valence-corrected chi connectivity index (χ2v) is 10.7. The Bertz CT molecular complexity index is 1560. The second-order valence-electron chi connectivity index (χ2n) is 8.83. The Hall–Kier alpha value is -4.06. The Balaban J connectivity index is 1.41. The van der Waals surface area contributed by atoms with Crippen molar-refractivity contribution < 1.29 is 32.3 Å². The molecule has 0 spiro atoms. The van der Waals surface area contributed by atoms with Gasteiger partial charge in [0, 0.05) is 24.3 Å². The van der Waals surface area contributed by atoms with Crippen molar-refractivity contribution in [3.63, 3.8) is 0 Å². The molecule has 0 bridgehead atoms. The third-order valence-corrected chi connectivity index (χ3v) is 8.43. The molecule has 2 aliphatic heterocycles. The van der Waals surface area contributed by atoms with Crippen LogP contribution in [0.2, 0.25) is 0 Å². The van der Waals surface area contributed by atoms with Crippen LogP contribution in [0, 0.1) is 6.92 Å². The van der Waals surface area contributed by atoms with Crippen LogP contribution < -0.4 is 15.0 Å². The minimum Gasteiger partial charge on any atom is -0.495 e. The number of amides is 3. The molecule has 38 heavy (non-hydrogen) atoms. The number of methoxy groups -OCH3 is 1. The zero-order valence-electron chi connectivity index (χ0n) is 20.8. The lowest BCUT2D eigenvalue weighted by atomic mass is 10.1. The van der Waals surface area contributed by atoms with Crippen LogP contribution in [0.3, 0.4) is 0 Å². The van der Waals surface area contributed by atoms with E-state index in [0.717, 1.165) is 10.5 Å². The Morgan fingerprint density at radius 1 is 0.947 bits per heavy atom. The number of hydrogen-bond acceptors (Lipinski definition) is 7. The van der Waals surface area contributed by atoms with Crippen LogP contribution >= 0.6 is 0 Å². The number of para-hydroxylation sites is 1. The largest absolute Gasteiger partial charge is 0.495 e. The van der Waals surface area contributed by atoms with Crippen molar-refractivity contribution in [2.75, 3.05) is 43.6 Å². The molecule has 0 aromatic heterocycles. The van der Waals surface area contributed by atoms with Crippen LogP contribution in [0.15, 0.2) is 65.6 Å². The van der Waals surface area contributed by atoms with Crippen molar-refractivity contribution >= 4 is 39.1 Å². The van der Waals surface area contributed by atoms with Crippen LogP contribution in [0.25, 0.3) is 0 Å². The molecule has 0 atom stereocenters. The first kappa shape index (κ1) is 25.6. The molecule has 11 heteroatoms. The van der Waals surface area contributed by atoms with Gasteiger partial charge < -0.3 is 14.8 Å². The maximum Gasteiger partial charge on any atom is 0.266 e. The van der Waals surface area contributed by atoms with Crippen molar-refractivity contribution in [3.8, 4) is 5.75 Å². The van der Waals surface area contributed by atoms with Crippen LogP contribution in [0.1, 0.15) is 36.6 Å². The molecule has 1 N–H and O–H groups in total. The number of rotatable bonds is 6. The smallest absolute Gasteiger partial charge is 0.266 e. The molecule has 3 amide bonds.